The Morgan fingerprint density at radius 1 is 0.963 bits per heavy atom. The van der Waals surface area contributed by atoms with Gasteiger partial charge in [0, 0.05) is 12.0 Å². The Hall–Kier alpha value is -2.35. The fraction of sp³-hybridized carbons (Fsp3) is 0.316. The maximum atomic E-state index is 12.3. The number of Topliss-reactive ketones (excluding diaryl/α,β-unsaturated/α-hetero) is 1. The number of rotatable bonds is 7. The SMILES string of the molecule is CC(C)S(=O)(=O)Cc1ccc(C(=O)Cc2ccc(OC(F)(F)F)cc2)cc1. The van der Waals surface area contributed by atoms with Crippen molar-refractivity contribution in [2.45, 2.75) is 37.6 Å². The third kappa shape index (κ3) is 6.39. The predicted molar refractivity (Wildman–Crippen MR) is 95.4 cm³/mol. The van der Waals surface area contributed by atoms with Gasteiger partial charge in [0.25, 0.3) is 0 Å². The number of benzene rings is 2. The van der Waals surface area contributed by atoms with Crippen LogP contribution in [0, 0.1) is 0 Å². The molecule has 2 aromatic carbocycles. The van der Waals surface area contributed by atoms with Gasteiger partial charge in [0.05, 0.1) is 11.0 Å². The summed E-state index contributed by atoms with van der Waals surface area (Å²) in [6.07, 6.45) is -4.75. The highest BCUT2D eigenvalue weighted by Crippen LogP contribution is 2.23. The van der Waals surface area contributed by atoms with Crippen molar-refractivity contribution in [3.63, 3.8) is 0 Å². The summed E-state index contributed by atoms with van der Waals surface area (Å²) < 4.78 is 64.1. The highest BCUT2D eigenvalue weighted by Gasteiger charge is 2.31. The van der Waals surface area contributed by atoms with Crippen molar-refractivity contribution < 1.29 is 31.1 Å². The average molecular weight is 400 g/mol. The van der Waals surface area contributed by atoms with Crippen molar-refractivity contribution >= 4 is 15.6 Å². The van der Waals surface area contributed by atoms with Crippen LogP contribution in [0.25, 0.3) is 0 Å². The van der Waals surface area contributed by atoms with Gasteiger partial charge in [0.15, 0.2) is 15.6 Å². The van der Waals surface area contributed by atoms with Gasteiger partial charge in [-0.05, 0) is 37.1 Å². The number of ketones is 1. The molecule has 0 aromatic heterocycles. The van der Waals surface area contributed by atoms with E-state index < -0.39 is 21.4 Å². The van der Waals surface area contributed by atoms with Gasteiger partial charge in [0.2, 0.25) is 0 Å². The van der Waals surface area contributed by atoms with Crippen LogP contribution in [-0.2, 0) is 22.0 Å². The largest absolute Gasteiger partial charge is 0.573 e. The van der Waals surface area contributed by atoms with E-state index >= 15 is 0 Å². The van der Waals surface area contributed by atoms with Crippen LogP contribution in [0.3, 0.4) is 0 Å². The van der Waals surface area contributed by atoms with Crippen molar-refractivity contribution in [1.82, 2.24) is 0 Å². The van der Waals surface area contributed by atoms with Crippen LogP contribution in [0.5, 0.6) is 5.75 Å². The molecule has 8 heteroatoms. The Bertz CT molecular complexity index is 884. The summed E-state index contributed by atoms with van der Waals surface area (Å²) in [7, 11) is -3.23. The van der Waals surface area contributed by atoms with E-state index in [9.17, 15) is 26.4 Å². The minimum atomic E-state index is -4.76. The topological polar surface area (TPSA) is 60.4 Å². The van der Waals surface area contributed by atoms with E-state index in [1.165, 1.54) is 12.1 Å². The van der Waals surface area contributed by atoms with Gasteiger partial charge in [-0.15, -0.1) is 13.2 Å². The molecule has 0 amide bonds. The Labute approximate surface area is 155 Å². The summed E-state index contributed by atoms with van der Waals surface area (Å²) in [5.74, 6) is -0.674. The summed E-state index contributed by atoms with van der Waals surface area (Å²) in [5, 5.41) is -0.483. The summed E-state index contributed by atoms with van der Waals surface area (Å²) in [6.45, 7) is 3.22. The van der Waals surface area contributed by atoms with E-state index in [0.29, 0.717) is 16.7 Å². The molecule has 0 N–H and O–H groups in total. The van der Waals surface area contributed by atoms with E-state index in [2.05, 4.69) is 4.74 Å². The minimum absolute atomic E-state index is 0.00986. The molecule has 0 atom stereocenters. The van der Waals surface area contributed by atoms with Gasteiger partial charge < -0.3 is 4.74 Å². The van der Waals surface area contributed by atoms with Crippen LogP contribution in [0.1, 0.15) is 35.3 Å². The van der Waals surface area contributed by atoms with E-state index in [1.807, 2.05) is 0 Å². The monoisotopic (exact) mass is 400 g/mol. The maximum Gasteiger partial charge on any atom is 0.573 e. The van der Waals surface area contributed by atoms with Crippen molar-refractivity contribution in [3.8, 4) is 5.75 Å². The Kier molecular flexibility index (Phi) is 6.30. The number of sulfone groups is 1. The number of hydrogen-bond donors (Lipinski definition) is 0. The van der Waals surface area contributed by atoms with Gasteiger partial charge >= 0.3 is 6.36 Å². The molecule has 0 aliphatic carbocycles. The molecule has 0 aliphatic heterocycles. The predicted octanol–water partition coefficient (Wildman–Crippen LogP) is 4.33. The highest BCUT2D eigenvalue weighted by molar-refractivity contribution is 7.91. The first-order valence-electron chi connectivity index (χ1n) is 8.15. The second-order valence-electron chi connectivity index (χ2n) is 6.34. The molecule has 27 heavy (non-hydrogen) atoms. The molecule has 146 valence electrons. The van der Waals surface area contributed by atoms with Gasteiger partial charge in [0.1, 0.15) is 5.75 Å². The molecule has 0 unspecified atom stereocenters. The molecule has 4 nitrogen and oxygen atoms in total. The van der Waals surface area contributed by atoms with Crippen molar-refractivity contribution in [2.24, 2.45) is 0 Å². The minimum Gasteiger partial charge on any atom is -0.406 e. The number of carbonyl (C=O) groups is 1. The molecule has 0 radical (unpaired) electrons. The summed E-state index contributed by atoms with van der Waals surface area (Å²) in [5.41, 5.74) is 1.53. The second kappa shape index (κ2) is 8.12. The Morgan fingerprint density at radius 3 is 1.96 bits per heavy atom. The average Bonchev–Trinajstić information content (AvgIpc) is 2.55. The fourth-order valence-corrected chi connectivity index (χ4v) is 3.27. The van der Waals surface area contributed by atoms with Crippen LogP contribution in [-0.4, -0.2) is 25.8 Å². The van der Waals surface area contributed by atoms with Crippen LogP contribution < -0.4 is 4.74 Å². The quantitative estimate of drug-likeness (QED) is 0.649. The first kappa shape index (κ1) is 21.0. The summed E-state index contributed by atoms with van der Waals surface area (Å²) in [4.78, 5) is 12.3. The van der Waals surface area contributed by atoms with E-state index in [4.69, 9.17) is 0 Å². The fourth-order valence-electron chi connectivity index (χ4n) is 2.28. The molecule has 0 saturated carbocycles. The summed E-state index contributed by atoms with van der Waals surface area (Å²) >= 11 is 0. The van der Waals surface area contributed by atoms with E-state index in [-0.39, 0.29) is 23.7 Å². The van der Waals surface area contributed by atoms with Gasteiger partial charge in [-0.3, -0.25) is 4.79 Å². The first-order chi connectivity index (χ1) is 12.5. The van der Waals surface area contributed by atoms with Crippen molar-refractivity contribution in [1.29, 1.82) is 0 Å². The first-order valence-corrected chi connectivity index (χ1v) is 9.86. The normalized spacial score (nSPS) is 12.2. The molecular weight excluding hydrogens is 381 g/mol. The molecular formula is C19H19F3O4S. The third-order valence-corrected chi connectivity index (χ3v) is 6.06. The Balaban J connectivity index is 2.02. The van der Waals surface area contributed by atoms with Gasteiger partial charge in [-0.2, -0.15) is 0 Å². The van der Waals surface area contributed by atoms with Gasteiger partial charge in [-0.25, -0.2) is 8.42 Å². The molecule has 0 bridgehead atoms. The third-order valence-electron chi connectivity index (χ3n) is 3.88. The smallest absolute Gasteiger partial charge is 0.406 e. The number of ether oxygens (including phenoxy) is 1. The number of carbonyl (C=O) groups excluding carboxylic acids is 1. The lowest BCUT2D eigenvalue weighted by molar-refractivity contribution is -0.274. The zero-order chi connectivity index (χ0) is 20.2. The Morgan fingerprint density at radius 2 is 1.48 bits per heavy atom. The van der Waals surface area contributed by atoms with Crippen LogP contribution in [0.2, 0.25) is 0 Å². The van der Waals surface area contributed by atoms with Crippen LogP contribution in [0.15, 0.2) is 48.5 Å². The molecule has 0 aliphatic rings. The van der Waals surface area contributed by atoms with E-state index in [1.54, 1.807) is 38.1 Å². The molecule has 2 aromatic rings. The molecule has 0 saturated heterocycles. The van der Waals surface area contributed by atoms with Crippen molar-refractivity contribution in [2.75, 3.05) is 0 Å². The zero-order valence-corrected chi connectivity index (χ0v) is 15.6. The molecule has 2 rings (SSSR count). The van der Waals surface area contributed by atoms with Gasteiger partial charge in [-0.1, -0.05) is 36.4 Å². The lowest BCUT2D eigenvalue weighted by atomic mass is 10.0. The zero-order valence-electron chi connectivity index (χ0n) is 14.8. The van der Waals surface area contributed by atoms with E-state index in [0.717, 1.165) is 12.1 Å². The standard InChI is InChI=1S/C19H19F3O4S/c1-13(2)27(24,25)12-15-3-7-16(8-4-15)18(23)11-14-5-9-17(10-6-14)26-19(20,21)22/h3-10,13H,11-12H2,1-2H3. The molecule has 0 heterocycles. The number of halogens is 3. The molecule has 0 fully saturated rings. The van der Waals surface area contributed by atoms with Crippen LogP contribution in [0.4, 0.5) is 13.2 Å². The number of hydrogen-bond acceptors (Lipinski definition) is 4. The molecule has 0 spiro atoms. The number of alkyl halides is 3. The highest BCUT2D eigenvalue weighted by atomic mass is 32.2. The second-order valence-corrected chi connectivity index (χ2v) is 8.90. The van der Waals surface area contributed by atoms with Crippen molar-refractivity contribution in [3.05, 3.63) is 65.2 Å². The van der Waals surface area contributed by atoms with Crippen LogP contribution >= 0.6 is 0 Å². The maximum absolute atomic E-state index is 12.3. The lowest BCUT2D eigenvalue weighted by Gasteiger charge is -2.09. The summed E-state index contributed by atoms with van der Waals surface area (Å²) in [6, 6.07) is 11.4. The lowest BCUT2D eigenvalue weighted by Crippen LogP contribution is -2.17.